The third-order valence-corrected chi connectivity index (χ3v) is 2.98. The molecule has 0 heterocycles. The molecular weight excluding hydrogens is 240 g/mol. The van der Waals surface area contributed by atoms with Crippen molar-refractivity contribution in [1.82, 2.24) is 0 Å². The second-order valence-electron chi connectivity index (χ2n) is 4.43. The Hall–Kier alpha value is -2.29. The zero-order chi connectivity index (χ0) is 13.8. The number of carbonyl (C=O) groups excluding carboxylic acids is 1. The topological polar surface area (TPSA) is 46.5 Å². The van der Waals surface area contributed by atoms with Crippen molar-refractivity contribution >= 4 is 5.78 Å². The van der Waals surface area contributed by atoms with Crippen molar-refractivity contribution in [2.75, 3.05) is 7.11 Å². The largest absolute Gasteiger partial charge is 0.504 e. The maximum absolute atomic E-state index is 12.1. The van der Waals surface area contributed by atoms with Gasteiger partial charge in [-0.2, -0.15) is 0 Å². The van der Waals surface area contributed by atoms with Gasteiger partial charge in [-0.15, -0.1) is 0 Å². The van der Waals surface area contributed by atoms with Gasteiger partial charge in [0.1, 0.15) is 0 Å². The van der Waals surface area contributed by atoms with Gasteiger partial charge >= 0.3 is 0 Å². The fourth-order valence-corrected chi connectivity index (χ4v) is 2.11. The minimum atomic E-state index is 0.0320. The molecular formula is C16H16O3. The number of aromatic hydroxyl groups is 1. The van der Waals surface area contributed by atoms with Crippen LogP contribution in [0.5, 0.6) is 11.5 Å². The first-order valence-corrected chi connectivity index (χ1v) is 6.06. The number of phenolic OH excluding ortho intramolecular Hbond substituents is 1. The molecule has 3 heteroatoms. The van der Waals surface area contributed by atoms with E-state index in [9.17, 15) is 9.90 Å². The zero-order valence-electron chi connectivity index (χ0n) is 11.0. The Bertz CT molecular complexity index is 565. The van der Waals surface area contributed by atoms with Crippen LogP contribution in [0.2, 0.25) is 0 Å². The second kappa shape index (κ2) is 5.57. The van der Waals surface area contributed by atoms with E-state index >= 15 is 0 Å². The van der Waals surface area contributed by atoms with Crippen LogP contribution in [0.1, 0.15) is 21.5 Å². The van der Waals surface area contributed by atoms with Crippen LogP contribution in [0.4, 0.5) is 0 Å². The van der Waals surface area contributed by atoms with E-state index in [-0.39, 0.29) is 18.0 Å². The standard InChI is InChI=1S/C16H16O3/c1-11-8-12(10-15(18)16(11)19-2)9-14(17)13-6-4-3-5-7-13/h3-8,10,18H,9H2,1-2H3. The summed E-state index contributed by atoms with van der Waals surface area (Å²) in [5, 5.41) is 9.82. The van der Waals surface area contributed by atoms with Crippen LogP contribution < -0.4 is 4.74 Å². The number of ketones is 1. The summed E-state index contributed by atoms with van der Waals surface area (Å²) in [7, 11) is 1.51. The number of hydrogen-bond acceptors (Lipinski definition) is 3. The molecule has 0 spiro atoms. The number of benzene rings is 2. The molecule has 0 bridgehead atoms. The predicted molar refractivity (Wildman–Crippen MR) is 73.9 cm³/mol. The fourth-order valence-electron chi connectivity index (χ4n) is 2.11. The number of methoxy groups -OCH3 is 1. The Balaban J connectivity index is 2.23. The molecule has 0 atom stereocenters. The average Bonchev–Trinajstić information content (AvgIpc) is 2.39. The number of phenols is 1. The first kappa shape index (κ1) is 13.1. The van der Waals surface area contributed by atoms with E-state index in [1.807, 2.05) is 31.2 Å². The molecule has 0 aliphatic rings. The molecule has 2 aromatic rings. The van der Waals surface area contributed by atoms with Gasteiger partial charge in [-0.05, 0) is 24.1 Å². The van der Waals surface area contributed by atoms with Crippen LogP contribution in [0.3, 0.4) is 0 Å². The highest BCUT2D eigenvalue weighted by atomic mass is 16.5. The Morgan fingerprint density at radius 1 is 1.21 bits per heavy atom. The molecule has 0 fully saturated rings. The van der Waals surface area contributed by atoms with Crippen LogP contribution >= 0.6 is 0 Å². The molecule has 19 heavy (non-hydrogen) atoms. The van der Waals surface area contributed by atoms with Gasteiger partial charge < -0.3 is 9.84 Å². The third kappa shape index (κ3) is 2.94. The van der Waals surface area contributed by atoms with Crippen molar-refractivity contribution in [2.45, 2.75) is 13.3 Å². The smallest absolute Gasteiger partial charge is 0.167 e. The number of ether oxygens (including phenoxy) is 1. The minimum Gasteiger partial charge on any atom is -0.504 e. The Labute approximate surface area is 112 Å². The van der Waals surface area contributed by atoms with Crippen molar-refractivity contribution in [3.05, 3.63) is 59.2 Å². The van der Waals surface area contributed by atoms with Crippen molar-refractivity contribution in [3.63, 3.8) is 0 Å². The van der Waals surface area contributed by atoms with Crippen LogP contribution in [-0.4, -0.2) is 18.0 Å². The Morgan fingerprint density at radius 3 is 2.47 bits per heavy atom. The third-order valence-electron chi connectivity index (χ3n) is 2.98. The van der Waals surface area contributed by atoms with Gasteiger partial charge in [0, 0.05) is 12.0 Å². The Morgan fingerprint density at radius 2 is 1.89 bits per heavy atom. The summed E-state index contributed by atoms with van der Waals surface area (Å²) < 4.78 is 5.09. The number of aryl methyl sites for hydroxylation is 1. The average molecular weight is 256 g/mol. The lowest BCUT2D eigenvalue weighted by Gasteiger charge is -2.09. The van der Waals surface area contributed by atoms with E-state index in [4.69, 9.17) is 4.74 Å². The molecule has 0 aliphatic carbocycles. The van der Waals surface area contributed by atoms with Gasteiger partial charge in [0.2, 0.25) is 0 Å². The highest BCUT2D eigenvalue weighted by Crippen LogP contribution is 2.31. The van der Waals surface area contributed by atoms with Crippen molar-refractivity contribution in [1.29, 1.82) is 0 Å². The molecule has 0 saturated carbocycles. The van der Waals surface area contributed by atoms with E-state index in [1.54, 1.807) is 18.2 Å². The lowest BCUT2D eigenvalue weighted by molar-refractivity contribution is 0.0993. The molecule has 0 aliphatic heterocycles. The monoisotopic (exact) mass is 256 g/mol. The molecule has 0 radical (unpaired) electrons. The SMILES string of the molecule is COc1c(C)cc(CC(=O)c2ccccc2)cc1O. The number of rotatable bonds is 4. The van der Waals surface area contributed by atoms with E-state index in [0.717, 1.165) is 11.1 Å². The van der Waals surface area contributed by atoms with Crippen LogP contribution in [-0.2, 0) is 6.42 Å². The van der Waals surface area contributed by atoms with E-state index in [1.165, 1.54) is 7.11 Å². The van der Waals surface area contributed by atoms with Crippen molar-refractivity contribution < 1.29 is 14.6 Å². The molecule has 2 rings (SSSR count). The highest BCUT2D eigenvalue weighted by Gasteiger charge is 2.11. The lowest BCUT2D eigenvalue weighted by atomic mass is 10.0. The summed E-state index contributed by atoms with van der Waals surface area (Å²) in [4.78, 5) is 12.1. The highest BCUT2D eigenvalue weighted by molar-refractivity contribution is 5.97. The van der Waals surface area contributed by atoms with Gasteiger partial charge in [-0.3, -0.25) is 4.79 Å². The van der Waals surface area contributed by atoms with E-state index in [0.29, 0.717) is 11.3 Å². The molecule has 98 valence electrons. The molecule has 2 aromatic carbocycles. The minimum absolute atomic E-state index is 0.0320. The van der Waals surface area contributed by atoms with Gasteiger partial charge in [0.05, 0.1) is 7.11 Å². The molecule has 0 unspecified atom stereocenters. The lowest BCUT2D eigenvalue weighted by Crippen LogP contribution is -2.03. The summed E-state index contributed by atoms with van der Waals surface area (Å²) in [6.07, 6.45) is 0.266. The zero-order valence-corrected chi connectivity index (χ0v) is 11.0. The summed E-state index contributed by atoms with van der Waals surface area (Å²) >= 11 is 0. The van der Waals surface area contributed by atoms with Crippen LogP contribution in [0, 0.1) is 6.92 Å². The predicted octanol–water partition coefficient (Wildman–Crippen LogP) is 3.13. The maximum Gasteiger partial charge on any atom is 0.167 e. The summed E-state index contributed by atoms with van der Waals surface area (Å²) in [5.41, 5.74) is 2.28. The van der Waals surface area contributed by atoms with Gasteiger partial charge in [0.15, 0.2) is 17.3 Å². The first-order chi connectivity index (χ1) is 9.11. The first-order valence-electron chi connectivity index (χ1n) is 6.06. The Kier molecular flexibility index (Phi) is 3.85. The second-order valence-corrected chi connectivity index (χ2v) is 4.43. The summed E-state index contributed by atoms with van der Waals surface area (Å²) in [6.45, 7) is 1.84. The normalized spacial score (nSPS) is 10.2. The van der Waals surface area contributed by atoms with E-state index in [2.05, 4.69) is 0 Å². The summed E-state index contributed by atoms with van der Waals surface area (Å²) in [6, 6.07) is 12.6. The van der Waals surface area contributed by atoms with Gasteiger partial charge in [-0.25, -0.2) is 0 Å². The number of carbonyl (C=O) groups is 1. The number of hydrogen-bond donors (Lipinski definition) is 1. The van der Waals surface area contributed by atoms with Crippen LogP contribution in [0.15, 0.2) is 42.5 Å². The van der Waals surface area contributed by atoms with Crippen molar-refractivity contribution in [2.24, 2.45) is 0 Å². The van der Waals surface area contributed by atoms with E-state index < -0.39 is 0 Å². The maximum atomic E-state index is 12.1. The molecule has 0 saturated heterocycles. The fraction of sp³-hybridized carbons (Fsp3) is 0.188. The van der Waals surface area contributed by atoms with Crippen LogP contribution in [0.25, 0.3) is 0 Å². The van der Waals surface area contributed by atoms with Gasteiger partial charge in [0.25, 0.3) is 0 Å². The molecule has 0 amide bonds. The van der Waals surface area contributed by atoms with Crippen molar-refractivity contribution in [3.8, 4) is 11.5 Å². The molecule has 3 nitrogen and oxygen atoms in total. The molecule has 1 N–H and O–H groups in total. The van der Waals surface area contributed by atoms with Gasteiger partial charge in [-0.1, -0.05) is 36.4 Å². The number of Topliss-reactive ketones (excluding diaryl/α,β-unsaturated/α-hetero) is 1. The summed E-state index contributed by atoms with van der Waals surface area (Å²) in [5.74, 6) is 0.554. The quantitative estimate of drug-likeness (QED) is 0.855. The molecule has 0 aromatic heterocycles.